The normalized spacial score (nSPS) is 12.9. The zero-order valence-corrected chi connectivity index (χ0v) is 12.9. The summed E-state index contributed by atoms with van der Waals surface area (Å²) in [5.74, 6) is 0.982. The van der Waals surface area contributed by atoms with Gasteiger partial charge in [0.05, 0.1) is 9.83 Å². The fraction of sp³-hybridized carbons (Fsp3) is 0.200. The van der Waals surface area contributed by atoms with E-state index in [1.54, 1.807) is 11.3 Å². The van der Waals surface area contributed by atoms with E-state index in [-0.39, 0.29) is 6.04 Å². The van der Waals surface area contributed by atoms with Crippen molar-refractivity contribution in [2.45, 2.75) is 19.5 Å². The molecule has 0 aliphatic heterocycles. The predicted octanol–water partition coefficient (Wildman–Crippen LogP) is 5.11. The van der Waals surface area contributed by atoms with Crippen LogP contribution in [0.25, 0.3) is 11.0 Å². The molecule has 0 unspecified atom stereocenters. The smallest absolute Gasteiger partial charge is 0.134 e. The number of halogens is 1. The Morgan fingerprint density at radius 2 is 2.16 bits per heavy atom. The van der Waals surface area contributed by atoms with Crippen molar-refractivity contribution in [3.8, 4) is 0 Å². The first-order chi connectivity index (χ1) is 9.22. The quantitative estimate of drug-likeness (QED) is 0.716. The minimum atomic E-state index is 0.200. The summed E-state index contributed by atoms with van der Waals surface area (Å²) in [7, 11) is 0. The minimum absolute atomic E-state index is 0.200. The van der Waals surface area contributed by atoms with Crippen LogP contribution in [0.15, 0.2) is 50.0 Å². The Morgan fingerprint density at radius 3 is 2.89 bits per heavy atom. The molecule has 0 radical (unpaired) electrons. The van der Waals surface area contributed by atoms with E-state index >= 15 is 0 Å². The van der Waals surface area contributed by atoms with Gasteiger partial charge in [0.1, 0.15) is 11.3 Å². The van der Waals surface area contributed by atoms with E-state index in [2.05, 4.69) is 51.7 Å². The van der Waals surface area contributed by atoms with Crippen molar-refractivity contribution in [1.29, 1.82) is 0 Å². The summed E-state index contributed by atoms with van der Waals surface area (Å²) in [5, 5.41) is 6.79. The summed E-state index contributed by atoms with van der Waals surface area (Å²) in [5.41, 5.74) is 2.24. The third kappa shape index (κ3) is 2.91. The third-order valence-electron chi connectivity index (χ3n) is 3.11. The third-order valence-corrected chi connectivity index (χ3v) is 4.66. The summed E-state index contributed by atoms with van der Waals surface area (Å²) in [6.07, 6.45) is 0. The molecule has 1 N–H and O–H groups in total. The number of benzene rings is 1. The topological polar surface area (TPSA) is 25.2 Å². The first-order valence-corrected chi connectivity index (χ1v) is 7.84. The fourth-order valence-electron chi connectivity index (χ4n) is 2.03. The van der Waals surface area contributed by atoms with Gasteiger partial charge >= 0.3 is 0 Å². The van der Waals surface area contributed by atoms with Crippen molar-refractivity contribution in [1.82, 2.24) is 5.32 Å². The summed E-state index contributed by atoms with van der Waals surface area (Å²) < 4.78 is 7.02. The summed E-state index contributed by atoms with van der Waals surface area (Å²) >= 11 is 5.19. The van der Waals surface area contributed by atoms with E-state index in [1.165, 1.54) is 9.35 Å². The molecule has 0 spiro atoms. The largest absolute Gasteiger partial charge is 0.459 e. The van der Waals surface area contributed by atoms with Crippen LogP contribution in [0.5, 0.6) is 0 Å². The number of para-hydroxylation sites is 1. The highest BCUT2D eigenvalue weighted by Gasteiger charge is 2.11. The lowest BCUT2D eigenvalue weighted by Gasteiger charge is -2.09. The first-order valence-electron chi connectivity index (χ1n) is 6.17. The van der Waals surface area contributed by atoms with Crippen molar-refractivity contribution < 1.29 is 4.42 Å². The van der Waals surface area contributed by atoms with E-state index < -0.39 is 0 Å². The zero-order chi connectivity index (χ0) is 13.2. The molecule has 0 saturated carbocycles. The molecule has 0 fully saturated rings. The standard InChI is InChI=1S/C15H14BrNOS/c1-10(17-8-11-6-15(16)19-9-11)14-7-12-4-2-3-5-13(12)18-14/h2-7,9-10,17H,8H2,1H3/t10-/m0/s1. The molecular formula is C15H14BrNOS. The molecular weight excluding hydrogens is 322 g/mol. The highest BCUT2D eigenvalue weighted by Crippen LogP contribution is 2.25. The Hall–Kier alpha value is -1.10. The Balaban J connectivity index is 1.71. The lowest BCUT2D eigenvalue weighted by Crippen LogP contribution is -2.17. The van der Waals surface area contributed by atoms with Crippen LogP contribution >= 0.6 is 27.3 Å². The van der Waals surface area contributed by atoms with Gasteiger partial charge in [-0.3, -0.25) is 0 Å². The zero-order valence-electron chi connectivity index (χ0n) is 10.5. The molecule has 1 atom stereocenters. The molecule has 0 saturated heterocycles. The van der Waals surface area contributed by atoms with E-state index in [4.69, 9.17) is 4.42 Å². The highest BCUT2D eigenvalue weighted by atomic mass is 79.9. The van der Waals surface area contributed by atoms with Gasteiger partial charge in [0.2, 0.25) is 0 Å². The second-order valence-electron chi connectivity index (χ2n) is 4.55. The Kier molecular flexibility index (Phi) is 3.73. The van der Waals surface area contributed by atoms with Crippen LogP contribution < -0.4 is 5.32 Å². The van der Waals surface area contributed by atoms with Gasteiger partial charge in [-0.05, 0) is 52.0 Å². The maximum atomic E-state index is 5.85. The molecule has 0 bridgehead atoms. The van der Waals surface area contributed by atoms with Crippen molar-refractivity contribution in [2.24, 2.45) is 0 Å². The van der Waals surface area contributed by atoms with Crippen molar-refractivity contribution in [3.63, 3.8) is 0 Å². The second kappa shape index (κ2) is 5.49. The number of hydrogen-bond donors (Lipinski definition) is 1. The first kappa shape index (κ1) is 12.9. The van der Waals surface area contributed by atoms with Gasteiger partial charge in [0.25, 0.3) is 0 Å². The van der Waals surface area contributed by atoms with Crippen molar-refractivity contribution in [3.05, 3.63) is 56.9 Å². The van der Waals surface area contributed by atoms with Gasteiger partial charge in [0, 0.05) is 11.9 Å². The number of hydrogen-bond acceptors (Lipinski definition) is 3. The molecule has 4 heteroatoms. The average molecular weight is 336 g/mol. The number of rotatable bonds is 4. The van der Waals surface area contributed by atoms with Crippen LogP contribution in [-0.2, 0) is 6.54 Å². The van der Waals surface area contributed by atoms with Crippen LogP contribution in [0.2, 0.25) is 0 Å². The number of thiophene rings is 1. The molecule has 98 valence electrons. The average Bonchev–Trinajstić information content (AvgIpc) is 3.01. The molecule has 1 aromatic carbocycles. The Labute approximate surface area is 124 Å². The molecule has 2 aromatic heterocycles. The predicted molar refractivity (Wildman–Crippen MR) is 83.5 cm³/mol. The Morgan fingerprint density at radius 1 is 1.32 bits per heavy atom. The maximum Gasteiger partial charge on any atom is 0.134 e. The molecule has 19 heavy (non-hydrogen) atoms. The molecule has 2 nitrogen and oxygen atoms in total. The van der Waals surface area contributed by atoms with E-state index in [0.29, 0.717) is 0 Å². The molecule has 3 aromatic rings. The van der Waals surface area contributed by atoms with Crippen LogP contribution in [0.4, 0.5) is 0 Å². The van der Waals surface area contributed by atoms with Gasteiger partial charge in [0.15, 0.2) is 0 Å². The molecule has 0 aliphatic rings. The maximum absolute atomic E-state index is 5.85. The van der Waals surface area contributed by atoms with Gasteiger partial charge in [-0.15, -0.1) is 11.3 Å². The summed E-state index contributed by atoms with van der Waals surface area (Å²) in [4.78, 5) is 0. The molecule has 2 heterocycles. The van der Waals surface area contributed by atoms with Crippen LogP contribution in [0, 0.1) is 0 Å². The number of nitrogens with one attached hydrogen (secondary N) is 1. The molecule has 3 rings (SSSR count). The fourth-order valence-corrected chi connectivity index (χ4v) is 3.23. The molecule has 0 aliphatic carbocycles. The monoisotopic (exact) mass is 335 g/mol. The van der Waals surface area contributed by atoms with Gasteiger partial charge < -0.3 is 9.73 Å². The second-order valence-corrected chi connectivity index (χ2v) is 6.84. The van der Waals surface area contributed by atoms with Gasteiger partial charge in [-0.25, -0.2) is 0 Å². The van der Waals surface area contributed by atoms with Crippen LogP contribution in [0.3, 0.4) is 0 Å². The lowest BCUT2D eigenvalue weighted by molar-refractivity contribution is 0.451. The molecule has 0 amide bonds. The summed E-state index contributed by atoms with van der Waals surface area (Å²) in [6, 6.07) is 12.6. The van der Waals surface area contributed by atoms with E-state index in [9.17, 15) is 0 Å². The SMILES string of the molecule is C[C@H](NCc1csc(Br)c1)c1cc2ccccc2o1. The van der Waals surface area contributed by atoms with Crippen LogP contribution in [-0.4, -0.2) is 0 Å². The van der Waals surface area contributed by atoms with Gasteiger partial charge in [-0.2, -0.15) is 0 Å². The minimum Gasteiger partial charge on any atom is -0.459 e. The number of furan rings is 1. The number of fused-ring (bicyclic) bond motifs is 1. The van der Waals surface area contributed by atoms with Gasteiger partial charge in [-0.1, -0.05) is 18.2 Å². The van der Waals surface area contributed by atoms with E-state index in [0.717, 1.165) is 23.3 Å². The summed E-state index contributed by atoms with van der Waals surface area (Å²) in [6.45, 7) is 2.97. The van der Waals surface area contributed by atoms with Crippen molar-refractivity contribution >= 4 is 38.2 Å². The van der Waals surface area contributed by atoms with Crippen molar-refractivity contribution in [2.75, 3.05) is 0 Å². The lowest BCUT2D eigenvalue weighted by atomic mass is 10.2. The van der Waals surface area contributed by atoms with Crippen LogP contribution in [0.1, 0.15) is 24.3 Å². The van der Waals surface area contributed by atoms with E-state index in [1.807, 2.05) is 18.2 Å². The Bertz CT molecular complexity index is 655. The highest BCUT2D eigenvalue weighted by molar-refractivity contribution is 9.11.